The van der Waals surface area contributed by atoms with E-state index in [1.807, 2.05) is 18.2 Å². The second-order valence-corrected chi connectivity index (χ2v) is 5.41. The summed E-state index contributed by atoms with van der Waals surface area (Å²) in [6.07, 6.45) is 5.68. The molecule has 3 rings (SSSR count). The van der Waals surface area contributed by atoms with E-state index in [0.717, 1.165) is 35.6 Å². The van der Waals surface area contributed by atoms with Crippen LogP contribution in [0.3, 0.4) is 0 Å². The van der Waals surface area contributed by atoms with Gasteiger partial charge in [0.25, 0.3) is 0 Å². The van der Waals surface area contributed by atoms with Crippen LogP contribution < -0.4 is 15.2 Å². The maximum Gasteiger partial charge on any atom is 0.222 e. The molecule has 1 saturated carbocycles. The van der Waals surface area contributed by atoms with E-state index in [1.54, 1.807) is 13.2 Å². The fourth-order valence-electron chi connectivity index (χ4n) is 2.73. The molecule has 1 aliphatic carbocycles. The van der Waals surface area contributed by atoms with Gasteiger partial charge in [0.1, 0.15) is 0 Å². The van der Waals surface area contributed by atoms with Gasteiger partial charge in [-0.3, -0.25) is 0 Å². The standard InChI is InChI=1S/C16H20N2O3/c1-19-14-7-6-11(8-12-10-16(17)21-18-12)9-15(14)20-13-4-2-3-5-13/h6-7,9-10,13H,2-5,8,17H2,1H3. The summed E-state index contributed by atoms with van der Waals surface area (Å²) in [6.45, 7) is 0. The molecule has 2 N–H and O–H groups in total. The fourth-order valence-corrected chi connectivity index (χ4v) is 2.73. The summed E-state index contributed by atoms with van der Waals surface area (Å²) in [5, 5.41) is 3.91. The normalized spacial score (nSPS) is 15.3. The first-order chi connectivity index (χ1) is 10.2. The van der Waals surface area contributed by atoms with Gasteiger partial charge in [-0.25, -0.2) is 0 Å². The van der Waals surface area contributed by atoms with E-state index in [9.17, 15) is 0 Å². The Morgan fingerprint density at radius 1 is 1.24 bits per heavy atom. The van der Waals surface area contributed by atoms with E-state index < -0.39 is 0 Å². The predicted molar refractivity (Wildman–Crippen MR) is 79.6 cm³/mol. The summed E-state index contributed by atoms with van der Waals surface area (Å²) in [6, 6.07) is 7.69. The van der Waals surface area contributed by atoms with Crippen LogP contribution in [0.4, 0.5) is 5.88 Å². The van der Waals surface area contributed by atoms with E-state index in [4.69, 9.17) is 19.7 Å². The number of nitrogen functional groups attached to an aromatic ring is 1. The molecule has 0 amide bonds. The first-order valence-corrected chi connectivity index (χ1v) is 7.29. The number of ether oxygens (including phenoxy) is 2. The van der Waals surface area contributed by atoms with Gasteiger partial charge in [0.15, 0.2) is 11.5 Å². The van der Waals surface area contributed by atoms with Gasteiger partial charge in [0.05, 0.1) is 18.9 Å². The molecule has 0 radical (unpaired) electrons. The molecule has 0 saturated heterocycles. The van der Waals surface area contributed by atoms with Crippen LogP contribution in [-0.2, 0) is 6.42 Å². The summed E-state index contributed by atoms with van der Waals surface area (Å²) in [5.74, 6) is 1.91. The van der Waals surface area contributed by atoms with Crippen LogP contribution in [0.2, 0.25) is 0 Å². The van der Waals surface area contributed by atoms with Gasteiger partial charge in [-0.2, -0.15) is 0 Å². The molecule has 5 nitrogen and oxygen atoms in total. The maximum absolute atomic E-state index is 6.09. The topological polar surface area (TPSA) is 70.5 Å². The predicted octanol–water partition coefficient (Wildman–Crippen LogP) is 3.18. The molecular formula is C16H20N2O3. The molecule has 21 heavy (non-hydrogen) atoms. The van der Waals surface area contributed by atoms with Gasteiger partial charge in [-0.05, 0) is 43.4 Å². The van der Waals surface area contributed by atoms with Gasteiger partial charge < -0.3 is 19.7 Å². The third kappa shape index (κ3) is 3.29. The second-order valence-electron chi connectivity index (χ2n) is 5.41. The molecule has 2 aromatic rings. The average molecular weight is 288 g/mol. The SMILES string of the molecule is COc1ccc(Cc2cc(N)on2)cc1OC1CCCC1. The van der Waals surface area contributed by atoms with Crippen molar-refractivity contribution in [2.24, 2.45) is 0 Å². The molecular weight excluding hydrogens is 268 g/mol. The first kappa shape index (κ1) is 13.8. The molecule has 1 heterocycles. The van der Waals surface area contributed by atoms with Crippen LogP contribution in [0, 0.1) is 0 Å². The largest absolute Gasteiger partial charge is 0.493 e. The van der Waals surface area contributed by atoms with Crippen molar-refractivity contribution in [3.05, 3.63) is 35.5 Å². The number of hydrogen-bond donors (Lipinski definition) is 1. The molecule has 1 aromatic carbocycles. The lowest BCUT2D eigenvalue weighted by molar-refractivity contribution is 0.200. The highest BCUT2D eigenvalue weighted by molar-refractivity contribution is 5.44. The Kier molecular flexibility index (Phi) is 3.99. The molecule has 1 aliphatic rings. The van der Waals surface area contributed by atoms with Crippen molar-refractivity contribution in [2.75, 3.05) is 12.8 Å². The van der Waals surface area contributed by atoms with Gasteiger partial charge in [-0.15, -0.1) is 0 Å². The fraction of sp³-hybridized carbons (Fsp3) is 0.438. The summed E-state index contributed by atoms with van der Waals surface area (Å²) in [4.78, 5) is 0. The summed E-state index contributed by atoms with van der Waals surface area (Å²) >= 11 is 0. The molecule has 1 aromatic heterocycles. The maximum atomic E-state index is 6.09. The van der Waals surface area contributed by atoms with Crippen LogP contribution in [0.15, 0.2) is 28.8 Å². The number of aromatic nitrogens is 1. The Bertz CT molecular complexity index is 603. The Labute approximate surface area is 124 Å². The zero-order chi connectivity index (χ0) is 14.7. The average Bonchev–Trinajstić information content (AvgIpc) is 3.11. The van der Waals surface area contributed by atoms with Crippen molar-refractivity contribution < 1.29 is 14.0 Å². The molecule has 0 spiro atoms. The minimum absolute atomic E-state index is 0.303. The lowest BCUT2D eigenvalue weighted by atomic mass is 10.1. The second kappa shape index (κ2) is 6.08. The Morgan fingerprint density at radius 3 is 2.71 bits per heavy atom. The molecule has 5 heteroatoms. The number of methoxy groups -OCH3 is 1. The first-order valence-electron chi connectivity index (χ1n) is 7.29. The van der Waals surface area contributed by atoms with E-state index in [0.29, 0.717) is 18.4 Å². The zero-order valence-corrected chi connectivity index (χ0v) is 12.2. The highest BCUT2D eigenvalue weighted by atomic mass is 16.5. The van der Waals surface area contributed by atoms with Gasteiger partial charge in [0, 0.05) is 12.5 Å². The molecule has 0 atom stereocenters. The number of hydrogen-bond acceptors (Lipinski definition) is 5. The molecule has 1 fully saturated rings. The zero-order valence-electron chi connectivity index (χ0n) is 12.2. The lowest BCUT2D eigenvalue weighted by Gasteiger charge is -2.16. The molecule has 0 unspecified atom stereocenters. The minimum Gasteiger partial charge on any atom is -0.493 e. The van der Waals surface area contributed by atoms with Crippen LogP contribution in [-0.4, -0.2) is 18.4 Å². The Morgan fingerprint density at radius 2 is 2.05 bits per heavy atom. The highest BCUT2D eigenvalue weighted by Gasteiger charge is 2.18. The quantitative estimate of drug-likeness (QED) is 0.915. The van der Waals surface area contributed by atoms with Gasteiger partial charge in [-0.1, -0.05) is 11.2 Å². The molecule has 112 valence electrons. The van der Waals surface area contributed by atoms with Crippen molar-refractivity contribution in [2.45, 2.75) is 38.2 Å². The van der Waals surface area contributed by atoms with E-state index >= 15 is 0 Å². The summed E-state index contributed by atoms with van der Waals surface area (Å²) in [5.41, 5.74) is 7.45. The van der Waals surface area contributed by atoms with Crippen LogP contribution in [0.5, 0.6) is 11.5 Å². The van der Waals surface area contributed by atoms with E-state index in [-0.39, 0.29) is 0 Å². The van der Waals surface area contributed by atoms with E-state index in [2.05, 4.69) is 5.16 Å². The van der Waals surface area contributed by atoms with Gasteiger partial charge in [0.2, 0.25) is 5.88 Å². The highest BCUT2D eigenvalue weighted by Crippen LogP contribution is 2.33. The Hall–Kier alpha value is -2.17. The monoisotopic (exact) mass is 288 g/mol. The summed E-state index contributed by atoms with van der Waals surface area (Å²) < 4.78 is 16.4. The van der Waals surface area contributed by atoms with Crippen molar-refractivity contribution in [1.29, 1.82) is 0 Å². The van der Waals surface area contributed by atoms with Crippen LogP contribution in [0.1, 0.15) is 36.9 Å². The van der Waals surface area contributed by atoms with Gasteiger partial charge >= 0.3 is 0 Å². The summed E-state index contributed by atoms with van der Waals surface area (Å²) in [7, 11) is 1.66. The van der Waals surface area contributed by atoms with Crippen LogP contribution in [0.25, 0.3) is 0 Å². The molecule has 0 aliphatic heterocycles. The van der Waals surface area contributed by atoms with Crippen molar-refractivity contribution >= 4 is 5.88 Å². The molecule has 0 bridgehead atoms. The lowest BCUT2D eigenvalue weighted by Crippen LogP contribution is -2.11. The smallest absolute Gasteiger partial charge is 0.222 e. The van der Waals surface area contributed by atoms with Crippen molar-refractivity contribution in [3.8, 4) is 11.5 Å². The number of benzene rings is 1. The van der Waals surface area contributed by atoms with Crippen molar-refractivity contribution in [3.63, 3.8) is 0 Å². The van der Waals surface area contributed by atoms with Crippen LogP contribution >= 0.6 is 0 Å². The minimum atomic E-state index is 0.303. The van der Waals surface area contributed by atoms with Crippen molar-refractivity contribution in [1.82, 2.24) is 5.16 Å². The van der Waals surface area contributed by atoms with E-state index in [1.165, 1.54) is 12.8 Å². The third-order valence-corrected chi connectivity index (χ3v) is 3.79. The number of nitrogens with zero attached hydrogens (tertiary/aromatic N) is 1. The Balaban J connectivity index is 1.78. The number of anilines is 1. The third-order valence-electron chi connectivity index (χ3n) is 3.79. The number of rotatable bonds is 5. The number of nitrogens with two attached hydrogens (primary N) is 1.